The highest BCUT2D eigenvalue weighted by Gasteiger charge is 2.55. The van der Waals surface area contributed by atoms with Crippen LogP contribution in [0.5, 0.6) is 0 Å². The maximum absolute atomic E-state index is 2.52. The van der Waals surface area contributed by atoms with Gasteiger partial charge in [0.2, 0.25) is 0 Å². The normalized spacial score (nSPS) is 49.7. The predicted octanol–water partition coefficient (Wildman–Crippen LogP) is 5.48. The zero-order valence-electron chi connectivity index (χ0n) is 13.6. The molecule has 0 aromatic heterocycles. The van der Waals surface area contributed by atoms with Crippen molar-refractivity contribution in [2.45, 2.75) is 61.3 Å². The van der Waals surface area contributed by atoms with E-state index in [0.29, 0.717) is 0 Å². The van der Waals surface area contributed by atoms with E-state index in [9.17, 15) is 0 Å². The smallest absolute Gasteiger partial charge is 0.0321 e. The van der Waals surface area contributed by atoms with Crippen molar-refractivity contribution in [3.8, 4) is 0 Å². The average Bonchev–Trinajstić information content (AvgIpc) is 2.35. The predicted molar refractivity (Wildman–Crippen MR) is 80.4 cm³/mol. The Morgan fingerprint density at radius 3 is 2.00 bits per heavy atom. The summed E-state index contributed by atoms with van der Waals surface area (Å²) in [6.07, 6.45) is 2.93. The minimum absolute atomic E-state index is 0.852. The van der Waals surface area contributed by atoms with Crippen LogP contribution in [0.4, 0.5) is 0 Å². The first-order valence-electron chi connectivity index (χ1n) is 8.40. The fourth-order valence-electron chi connectivity index (χ4n) is 5.18. The Hall–Kier alpha value is 0. The Kier molecular flexibility index (Phi) is 4.14. The summed E-state index contributed by atoms with van der Waals surface area (Å²) in [5, 5.41) is 0. The SMILES string of the molecule is CCC1CC(C2C(C)C(C)C2C(C)C(C)C)C1C. The lowest BCUT2D eigenvalue weighted by Gasteiger charge is -2.61. The maximum Gasteiger partial charge on any atom is -0.0321 e. The highest BCUT2D eigenvalue weighted by molar-refractivity contribution is 5.03. The third-order valence-electron chi connectivity index (χ3n) is 7.16. The molecule has 0 nitrogen and oxygen atoms in total. The largest absolute Gasteiger partial charge is 0.0651 e. The van der Waals surface area contributed by atoms with Gasteiger partial charge in [-0.1, -0.05) is 54.9 Å². The molecule has 8 unspecified atom stereocenters. The molecule has 2 rings (SSSR count). The topological polar surface area (TPSA) is 0 Å². The van der Waals surface area contributed by atoms with Crippen LogP contribution in [0.3, 0.4) is 0 Å². The highest BCUT2D eigenvalue weighted by Crippen LogP contribution is 2.61. The molecule has 0 amide bonds. The minimum Gasteiger partial charge on any atom is -0.0651 e. The molecule has 0 saturated heterocycles. The molecular formula is C18H34. The third-order valence-corrected chi connectivity index (χ3v) is 7.16. The van der Waals surface area contributed by atoms with Gasteiger partial charge in [0, 0.05) is 0 Å². The molecule has 0 aliphatic heterocycles. The van der Waals surface area contributed by atoms with Gasteiger partial charge in [-0.15, -0.1) is 0 Å². The molecule has 106 valence electrons. The second kappa shape index (κ2) is 5.17. The first-order valence-corrected chi connectivity index (χ1v) is 8.40. The van der Waals surface area contributed by atoms with Crippen LogP contribution >= 0.6 is 0 Å². The van der Waals surface area contributed by atoms with E-state index in [-0.39, 0.29) is 0 Å². The van der Waals surface area contributed by atoms with E-state index < -0.39 is 0 Å². The molecule has 0 spiro atoms. The van der Waals surface area contributed by atoms with E-state index in [1.165, 1.54) is 12.8 Å². The van der Waals surface area contributed by atoms with Gasteiger partial charge in [0.25, 0.3) is 0 Å². The summed E-state index contributed by atoms with van der Waals surface area (Å²) >= 11 is 0. The second-order valence-electron chi connectivity index (χ2n) is 7.90. The summed E-state index contributed by atoms with van der Waals surface area (Å²) in [5.74, 6) is 8.82. The van der Waals surface area contributed by atoms with Crippen LogP contribution in [0.15, 0.2) is 0 Å². The summed E-state index contributed by atoms with van der Waals surface area (Å²) < 4.78 is 0. The lowest BCUT2D eigenvalue weighted by Crippen LogP contribution is -2.56. The molecule has 0 heteroatoms. The van der Waals surface area contributed by atoms with Crippen LogP contribution in [0.1, 0.15) is 61.3 Å². The van der Waals surface area contributed by atoms with Crippen molar-refractivity contribution in [1.82, 2.24) is 0 Å². The van der Waals surface area contributed by atoms with Crippen molar-refractivity contribution in [2.75, 3.05) is 0 Å². The van der Waals surface area contributed by atoms with E-state index in [1.54, 1.807) is 0 Å². The number of rotatable bonds is 4. The molecule has 0 aromatic rings. The van der Waals surface area contributed by atoms with E-state index >= 15 is 0 Å². The third kappa shape index (κ3) is 2.04. The zero-order valence-corrected chi connectivity index (χ0v) is 13.6. The summed E-state index contributed by atoms with van der Waals surface area (Å²) in [6.45, 7) is 17.3. The molecule has 2 fully saturated rings. The second-order valence-corrected chi connectivity index (χ2v) is 7.90. The summed E-state index contributed by atoms with van der Waals surface area (Å²) in [6, 6.07) is 0. The molecule has 0 aromatic carbocycles. The van der Waals surface area contributed by atoms with Crippen molar-refractivity contribution >= 4 is 0 Å². The average molecular weight is 250 g/mol. The van der Waals surface area contributed by atoms with Gasteiger partial charge in [-0.25, -0.2) is 0 Å². The van der Waals surface area contributed by atoms with Crippen LogP contribution < -0.4 is 0 Å². The molecule has 0 N–H and O–H groups in total. The minimum atomic E-state index is 0.852. The Balaban J connectivity index is 2.03. The van der Waals surface area contributed by atoms with Crippen molar-refractivity contribution in [3.05, 3.63) is 0 Å². The summed E-state index contributed by atoms with van der Waals surface area (Å²) in [7, 11) is 0. The van der Waals surface area contributed by atoms with Gasteiger partial charge in [0.05, 0.1) is 0 Å². The Morgan fingerprint density at radius 2 is 1.56 bits per heavy atom. The quantitative estimate of drug-likeness (QED) is 0.620. The maximum atomic E-state index is 2.52. The van der Waals surface area contributed by atoms with Gasteiger partial charge in [-0.2, -0.15) is 0 Å². The van der Waals surface area contributed by atoms with E-state index in [2.05, 4.69) is 48.5 Å². The molecule has 2 saturated carbocycles. The Labute approximate surface area is 115 Å². The lowest BCUT2D eigenvalue weighted by molar-refractivity contribution is -0.135. The Bertz CT molecular complexity index is 280. The van der Waals surface area contributed by atoms with Gasteiger partial charge >= 0.3 is 0 Å². The van der Waals surface area contributed by atoms with Crippen molar-refractivity contribution in [3.63, 3.8) is 0 Å². The molecule has 8 atom stereocenters. The highest BCUT2D eigenvalue weighted by atomic mass is 14.6. The molecule has 18 heavy (non-hydrogen) atoms. The van der Waals surface area contributed by atoms with Crippen LogP contribution in [0.25, 0.3) is 0 Å². The van der Waals surface area contributed by atoms with Gasteiger partial charge in [0.1, 0.15) is 0 Å². The molecular weight excluding hydrogens is 216 g/mol. The van der Waals surface area contributed by atoms with Crippen molar-refractivity contribution in [2.24, 2.45) is 53.3 Å². The first kappa shape index (κ1) is 14.4. The zero-order chi connectivity index (χ0) is 13.6. The van der Waals surface area contributed by atoms with Crippen molar-refractivity contribution in [1.29, 1.82) is 0 Å². The van der Waals surface area contributed by atoms with Crippen LogP contribution in [-0.4, -0.2) is 0 Å². The molecule has 2 aliphatic rings. The number of hydrogen-bond acceptors (Lipinski definition) is 0. The van der Waals surface area contributed by atoms with Crippen LogP contribution in [0.2, 0.25) is 0 Å². The summed E-state index contributed by atoms with van der Waals surface area (Å²) in [5.41, 5.74) is 0. The molecule has 0 heterocycles. The lowest BCUT2D eigenvalue weighted by atomic mass is 9.43. The van der Waals surface area contributed by atoms with Gasteiger partial charge in [0.15, 0.2) is 0 Å². The van der Waals surface area contributed by atoms with Gasteiger partial charge in [-0.05, 0) is 59.7 Å². The van der Waals surface area contributed by atoms with Crippen molar-refractivity contribution < 1.29 is 0 Å². The molecule has 2 aliphatic carbocycles. The molecule has 0 radical (unpaired) electrons. The fraction of sp³-hybridized carbons (Fsp3) is 1.00. The van der Waals surface area contributed by atoms with E-state index in [4.69, 9.17) is 0 Å². The monoisotopic (exact) mass is 250 g/mol. The Morgan fingerprint density at radius 1 is 0.944 bits per heavy atom. The molecule has 0 bridgehead atoms. The van der Waals surface area contributed by atoms with Crippen LogP contribution in [-0.2, 0) is 0 Å². The fourth-order valence-corrected chi connectivity index (χ4v) is 5.18. The van der Waals surface area contributed by atoms with Gasteiger partial charge in [-0.3, -0.25) is 0 Å². The first-order chi connectivity index (χ1) is 8.40. The standard InChI is InChI=1S/C18H34/c1-8-15-9-16(14(15)7)18-13(6)12(5)17(18)11(4)10(2)3/h10-18H,8-9H2,1-7H3. The van der Waals surface area contributed by atoms with E-state index in [0.717, 1.165) is 53.3 Å². The van der Waals surface area contributed by atoms with Gasteiger partial charge < -0.3 is 0 Å². The van der Waals surface area contributed by atoms with E-state index in [1.807, 2.05) is 0 Å². The van der Waals surface area contributed by atoms with Crippen LogP contribution in [0, 0.1) is 53.3 Å². The number of hydrogen-bond donors (Lipinski definition) is 0. The summed E-state index contributed by atoms with van der Waals surface area (Å²) in [4.78, 5) is 0.